The van der Waals surface area contributed by atoms with Gasteiger partial charge in [0.2, 0.25) is 0 Å². The average Bonchev–Trinajstić information content (AvgIpc) is 2.54. The summed E-state index contributed by atoms with van der Waals surface area (Å²) in [7, 11) is 0. The lowest BCUT2D eigenvalue weighted by Crippen LogP contribution is -2.20. The third-order valence-electron chi connectivity index (χ3n) is 4.60. The average molecular weight is 315 g/mol. The van der Waals surface area contributed by atoms with Crippen molar-refractivity contribution in [2.45, 2.75) is 78.6 Å². The second-order valence-electron chi connectivity index (χ2n) is 6.87. The maximum atomic E-state index is 11.4. The molecule has 0 bridgehead atoms. The summed E-state index contributed by atoms with van der Waals surface area (Å²) >= 11 is 0. The maximum Gasteiger partial charge on any atom is 0.146 e. The molecule has 1 aliphatic rings. The molecule has 0 amide bonds. The lowest BCUT2D eigenvalue weighted by molar-refractivity contribution is -0.105. The molecule has 23 heavy (non-hydrogen) atoms. The Kier molecular flexibility index (Phi) is 9.59. The maximum absolute atomic E-state index is 11.4. The molecule has 1 unspecified atom stereocenters. The summed E-state index contributed by atoms with van der Waals surface area (Å²) < 4.78 is 0. The first kappa shape index (κ1) is 19.7. The fraction of sp³-hybridized carbons (Fsp3) is 0.591. The van der Waals surface area contributed by atoms with Gasteiger partial charge in [0.1, 0.15) is 6.29 Å². The molecule has 0 heterocycles. The van der Waals surface area contributed by atoms with Gasteiger partial charge in [-0.2, -0.15) is 0 Å². The zero-order valence-corrected chi connectivity index (χ0v) is 15.3. The molecule has 1 aliphatic carbocycles. The summed E-state index contributed by atoms with van der Waals surface area (Å²) in [4.78, 5) is 11.4. The van der Waals surface area contributed by atoms with Crippen LogP contribution in [0.25, 0.3) is 0 Å². The highest BCUT2D eigenvalue weighted by atomic mass is 16.1. The molecule has 0 N–H and O–H groups in total. The molecular weight excluding hydrogens is 280 g/mol. The molecule has 0 aromatic carbocycles. The van der Waals surface area contributed by atoms with E-state index in [1.54, 1.807) is 0 Å². The molecule has 0 saturated carbocycles. The standard InChI is InChI=1S/C22H34O/c1-4-6-8-10-12-14-20-15-16-21(19-23)22(3,18-20)17-13-11-9-7-5-2/h12-17,19H,4-11,18H2,1-3H3/b14-12+,17-13+. The molecule has 1 heteroatoms. The molecule has 0 aliphatic heterocycles. The Morgan fingerprint density at radius 3 is 2.26 bits per heavy atom. The summed E-state index contributed by atoms with van der Waals surface area (Å²) in [6, 6.07) is 0. The lowest BCUT2D eigenvalue weighted by atomic mass is 9.73. The van der Waals surface area contributed by atoms with Gasteiger partial charge in [-0.3, -0.25) is 4.79 Å². The fourth-order valence-electron chi connectivity index (χ4n) is 3.02. The highest BCUT2D eigenvalue weighted by molar-refractivity contribution is 5.78. The Hall–Kier alpha value is -1.37. The molecule has 0 spiro atoms. The molecule has 1 rings (SSSR count). The van der Waals surface area contributed by atoms with Crippen molar-refractivity contribution in [2.24, 2.45) is 5.41 Å². The summed E-state index contributed by atoms with van der Waals surface area (Å²) in [5.41, 5.74) is 2.08. The first-order valence-corrected chi connectivity index (χ1v) is 9.37. The van der Waals surface area contributed by atoms with Crippen molar-refractivity contribution in [3.8, 4) is 0 Å². The van der Waals surface area contributed by atoms with Crippen molar-refractivity contribution >= 4 is 6.29 Å². The van der Waals surface area contributed by atoms with Crippen LogP contribution < -0.4 is 0 Å². The van der Waals surface area contributed by atoms with Crippen LogP contribution >= 0.6 is 0 Å². The molecule has 0 saturated heterocycles. The second-order valence-corrected chi connectivity index (χ2v) is 6.87. The van der Waals surface area contributed by atoms with E-state index < -0.39 is 0 Å². The molecule has 0 fully saturated rings. The van der Waals surface area contributed by atoms with Crippen LogP contribution in [0.4, 0.5) is 0 Å². The minimum absolute atomic E-state index is 0.147. The molecule has 0 aromatic rings. The fourth-order valence-corrected chi connectivity index (χ4v) is 3.02. The Morgan fingerprint density at radius 2 is 1.65 bits per heavy atom. The number of carbonyl (C=O) groups is 1. The van der Waals surface area contributed by atoms with Gasteiger partial charge < -0.3 is 0 Å². The van der Waals surface area contributed by atoms with E-state index in [1.807, 2.05) is 6.08 Å². The van der Waals surface area contributed by atoms with E-state index in [-0.39, 0.29) is 5.41 Å². The van der Waals surface area contributed by atoms with Crippen LogP contribution in [0.5, 0.6) is 0 Å². The van der Waals surface area contributed by atoms with Crippen molar-refractivity contribution in [1.82, 2.24) is 0 Å². The lowest BCUT2D eigenvalue weighted by Gasteiger charge is -2.30. The molecular formula is C22H34O. The minimum atomic E-state index is -0.147. The van der Waals surface area contributed by atoms with Gasteiger partial charge in [0, 0.05) is 11.0 Å². The minimum Gasteiger partial charge on any atom is -0.298 e. The van der Waals surface area contributed by atoms with Gasteiger partial charge in [0.15, 0.2) is 0 Å². The van der Waals surface area contributed by atoms with Crippen LogP contribution in [-0.4, -0.2) is 6.29 Å². The third-order valence-corrected chi connectivity index (χ3v) is 4.60. The first-order valence-electron chi connectivity index (χ1n) is 9.37. The van der Waals surface area contributed by atoms with Crippen molar-refractivity contribution in [2.75, 3.05) is 0 Å². The number of allylic oxidation sites excluding steroid dienone is 8. The van der Waals surface area contributed by atoms with Crippen molar-refractivity contribution in [3.05, 3.63) is 47.6 Å². The van der Waals surface area contributed by atoms with Crippen LogP contribution in [0.1, 0.15) is 78.6 Å². The topological polar surface area (TPSA) is 17.1 Å². The molecule has 0 radical (unpaired) electrons. The van der Waals surface area contributed by atoms with Crippen molar-refractivity contribution in [1.29, 1.82) is 0 Å². The predicted octanol–water partition coefficient (Wildman–Crippen LogP) is 6.72. The number of carbonyl (C=O) groups excluding carboxylic acids is 1. The summed E-state index contributed by atoms with van der Waals surface area (Å²) in [5, 5.41) is 0. The molecule has 128 valence electrons. The second kappa shape index (κ2) is 11.2. The van der Waals surface area contributed by atoms with Gasteiger partial charge in [-0.05, 0) is 37.7 Å². The Balaban J connectivity index is 2.64. The molecule has 1 nitrogen and oxygen atoms in total. The van der Waals surface area contributed by atoms with Crippen molar-refractivity contribution < 1.29 is 4.79 Å². The number of rotatable bonds is 11. The van der Waals surface area contributed by atoms with E-state index in [0.717, 1.165) is 31.1 Å². The smallest absolute Gasteiger partial charge is 0.146 e. The van der Waals surface area contributed by atoms with E-state index in [2.05, 4.69) is 51.2 Å². The summed E-state index contributed by atoms with van der Waals surface area (Å²) in [6.45, 7) is 6.64. The summed E-state index contributed by atoms with van der Waals surface area (Å²) in [5.74, 6) is 0. The van der Waals surface area contributed by atoms with E-state index in [1.165, 1.54) is 44.1 Å². The Morgan fingerprint density at radius 1 is 1.00 bits per heavy atom. The normalized spacial score (nSPS) is 21.7. The quantitative estimate of drug-likeness (QED) is 0.235. The van der Waals surface area contributed by atoms with Crippen LogP contribution in [0.15, 0.2) is 47.6 Å². The Labute approximate surface area is 143 Å². The molecule has 0 aromatic heterocycles. The number of hydrogen-bond donors (Lipinski definition) is 0. The van der Waals surface area contributed by atoms with Gasteiger partial charge in [-0.25, -0.2) is 0 Å². The molecule has 1 atom stereocenters. The van der Waals surface area contributed by atoms with Crippen LogP contribution in [0, 0.1) is 5.41 Å². The van der Waals surface area contributed by atoms with E-state index in [9.17, 15) is 4.79 Å². The van der Waals surface area contributed by atoms with Gasteiger partial charge in [0.25, 0.3) is 0 Å². The third kappa shape index (κ3) is 7.16. The van der Waals surface area contributed by atoms with Gasteiger partial charge in [-0.15, -0.1) is 0 Å². The predicted molar refractivity (Wildman–Crippen MR) is 102 cm³/mol. The van der Waals surface area contributed by atoms with E-state index in [0.29, 0.717) is 0 Å². The highest BCUT2D eigenvalue weighted by Gasteiger charge is 2.28. The SMILES string of the molecule is CCCCC/C=C/C1=CC=C(C=O)C(C)(/C=C/CCCCC)C1. The van der Waals surface area contributed by atoms with E-state index >= 15 is 0 Å². The number of unbranched alkanes of at least 4 members (excludes halogenated alkanes) is 6. The first-order chi connectivity index (χ1) is 11.2. The zero-order chi connectivity index (χ0) is 17.0. The Bertz CT molecular complexity index is 464. The van der Waals surface area contributed by atoms with Gasteiger partial charge in [0.05, 0.1) is 0 Å². The zero-order valence-electron chi connectivity index (χ0n) is 15.3. The number of aldehydes is 1. The van der Waals surface area contributed by atoms with Gasteiger partial charge >= 0.3 is 0 Å². The van der Waals surface area contributed by atoms with Gasteiger partial charge in [-0.1, -0.05) is 82.9 Å². The van der Waals surface area contributed by atoms with Crippen LogP contribution in [-0.2, 0) is 4.79 Å². The van der Waals surface area contributed by atoms with Crippen molar-refractivity contribution in [3.63, 3.8) is 0 Å². The monoisotopic (exact) mass is 314 g/mol. The largest absolute Gasteiger partial charge is 0.298 e. The van der Waals surface area contributed by atoms with Crippen LogP contribution in [0.3, 0.4) is 0 Å². The number of hydrogen-bond acceptors (Lipinski definition) is 1. The highest BCUT2D eigenvalue weighted by Crippen LogP contribution is 2.38. The van der Waals surface area contributed by atoms with E-state index in [4.69, 9.17) is 0 Å². The van der Waals surface area contributed by atoms with Crippen LogP contribution in [0.2, 0.25) is 0 Å². The summed E-state index contributed by atoms with van der Waals surface area (Å²) in [6.07, 6.45) is 25.0.